The summed E-state index contributed by atoms with van der Waals surface area (Å²) >= 11 is 0. The van der Waals surface area contributed by atoms with Gasteiger partial charge in [-0.2, -0.15) is 0 Å². The third-order valence-corrected chi connectivity index (χ3v) is 2.72. The number of hydrogen-bond donors (Lipinski definition) is 1. The molecule has 2 heteroatoms. The minimum Gasteiger partial charge on any atom is -0.387 e. The topological polar surface area (TPSA) is 23.5 Å². The first-order chi connectivity index (χ1) is 6.18. The fourth-order valence-corrected chi connectivity index (χ4v) is 1.98. The number of rotatable bonds is 0. The van der Waals surface area contributed by atoms with Crippen molar-refractivity contribution in [3.05, 3.63) is 34.9 Å². The molecular formula is C11H15NO. The molecule has 2 nitrogen and oxygen atoms in total. The molecule has 0 saturated heterocycles. The average molecular weight is 177 g/mol. The van der Waals surface area contributed by atoms with E-state index in [-0.39, 0.29) is 6.10 Å². The Balaban J connectivity index is 2.49. The first-order valence-corrected chi connectivity index (χ1v) is 4.63. The summed E-state index contributed by atoms with van der Waals surface area (Å²) in [5.41, 5.74) is 3.69. The van der Waals surface area contributed by atoms with E-state index in [2.05, 4.69) is 17.9 Å². The van der Waals surface area contributed by atoms with Crippen LogP contribution in [-0.2, 0) is 6.54 Å². The lowest BCUT2D eigenvalue weighted by Crippen LogP contribution is -2.30. The number of aryl methyl sites for hydroxylation is 1. The lowest BCUT2D eigenvalue weighted by molar-refractivity contribution is 0.107. The Bertz CT molecular complexity index is 322. The monoisotopic (exact) mass is 177 g/mol. The zero-order chi connectivity index (χ0) is 9.42. The Labute approximate surface area is 78.8 Å². The summed E-state index contributed by atoms with van der Waals surface area (Å²) in [4.78, 5) is 2.15. The Morgan fingerprint density at radius 2 is 2.23 bits per heavy atom. The largest absolute Gasteiger partial charge is 0.387 e. The summed E-state index contributed by atoms with van der Waals surface area (Å²) in [5.74, 6) is 0. The predicted molar refractivity (Wildman–Crippen MR) is 52.5 cm³/mol. The van der Waals surface area contributed by atoms with E-state index in [1.807, 2.05) is 19.2 Å². The SMILES string of the molecule is Cc1cccc2c1CN(C)CC2O. The van der Waals surface area contributed by atoms with E-state index in [1.165, 1.54) is 11.1 Å². The molecule has 0 bridgehead atoms. The van der Waals surface area contributed by atoms with Crippen LogP contribution in [0.4, 0.5) is 0 Å². The zero-order valence-corrected chi connectivity index (χ0v) is 8.12. The van der Waals surface area contributed by atoms with Crippen LogP contribution in [0.1, 0.15) is 22.8 Å². The molecular weight excluding hydrogens is 162 g/mol. The Morgan fingerprint density at radius 1 is 1.46 bits per heavy atom. The molecule has 0 amide bonds. The van der Waals surface area contributed by atoms with Crippen molar-refractivity contribution >= 4 is 0 Å². The molecule has 1 aromatic rings. The third-order valence-electron chi connectivity index (χ3n) is 2.72. The fourth-order valence-electron chi connectivity index (χ4n) is 1.98. The van der Waals surface area contributed by atoms with E-state index in [0.717, 1.165) is 18.7 Å². The van der Waals surface area contributed by atoms with Gasteiger partial charge in [-0.15, -0.1) is 0 Å². The number of aliphatic hydroxyl groups excluding tert-OH is 1. The molecule has 1 unspecified atom stereocenters. The van der Waals surface area contributed by atoms with Gasteiger partial charge in [-0.1, -0.05) is 18.2 Å². The van der Waals surface area contributed by atoms with Gasteiger partial charge in [-0.25, -0.2) is 0 Å². The van der Waals surface area contributed by atoms with Crippen molar-refractivity contribution in [3.8, 4) is 0 Å². The van der Waals surface area contributed by atoms with Crippen LogP contribution >= 0.6 is 0 Å². The van der Waals surface area contributed by atoms with Gasteiger partial charge in [0, 0.05) is 13.1 Å². The normalized spacial score (nSPS) is 22.8. The number of aliphatic hydroxyl groups is 1. The standard InChI is InChI=1S/C11H15NO/c1-8-4-3-5-9-10(8)6-12(2)7-11(9)13/h3-5,11,13H,6-7H2,1-2H3. The average Bonchev–Trinajstić information content (AvgIpc) is 2.07. The van der Waals surface area contributed by atoms with Crippen LogP contribution in [0.2, 0.25) is 0 Å². The van der Waals surface area contributed by atoms with Crippen LogP contribution in [-0.4, -0.2) is 23.6 Å². The molecule has 1 aromatic carbocycles. The maximum atomic E-state index is 9.81. The van der Waals surface area contributed by atoms with Gasteiger partial charge in [-0.3, -0.25) is 4.90 Å². The first-order valence-electron chi connectivity index (χ1n) is 4.63. The highest BCUT2D eigenvalue weighted by Crippen LogP contribution is 2.27. The number of benzene rings is 1. The molecule has 0 fully saturated rings. The Morgan fingerprint density at radius 3 is 3.00 bits per heavy atom. The molecule has 1 N–H and O–H groups in total. The molecule has 2 rings (SSSR count). The smallest absolute Gasteiger partial charge is 0.0920 e. The van der Waals surface area contributed by atoms with Crippen LogP contribution in [0.5, 0.6) is 0 Å². The molecule has 70 valence electrons. The summed E-state index contributed by atoms with van der Waals surface area (Å²) in [7, 11) is 2.04. The Kier molecular flexibility index (Phi) is 2.10. The van der Waals surface area contributed by atoms with Crippen molar-refractivity contribution in [3.63, 3.8) is 0 Å². The molecule has 1 aliphatic rings. The van der Waals surface area contributed by atoms with E-state index in [1.54, 1.807) is 0 Å². The van der Waals surface area contributed by atoms with Gasteiger partial charge in [0.25, 0.3) is 0 Å². The molecule has 0 spiro atoms. The summed E-state index contributed by atoms with van der Waals surface area (Å²) in [6.45, 7) is 3.81. The second-order valence-corrected chi connectivity index (χ2v) is 3.86. The van der Waals surface area contributed by atoms with Crippen molar-refractivity contribution in [1.82, 2.24) is 4.90 Å². The fraction of sp³-hybridized carbons (Fsp3) is 0.455. The number of likely N-dealkylation sites (N-methyl/N-ethyl adjacent to an activating group) is 1. The van der Waals surface area contributed by atoms with Crippen molar-refractivity contribution in [2.75, 3.05) is 13.6 Å². The van der Waals surface area contributed by atoms with Crippen molar-refractivity contribution < 1.29 is 5.11 Å². The summed E-state index contributed by atoms with van der Waals surface area (Å²) in [6.07, 6.45) is -0.311. The van der Waals surface area contributed by atoms with Crippen molar-refractivity contribution in [2.24, 2.45) is 0 Å². The summed E-state index contributed by atoms with van der Waals surface area (Å²) in [6, 6.07) is 6.15. The predicted octanol–water partition coefficient (Wildman–Crippen LogP) is 1.47. The quantitative estimate of drug-likeness (QED) is 0.648. The number of nitrogens with zero attached hydrogens (tertiary/aromatic N) is 1. The van der Waals surface area contributed by atoms with Crippen molar-refractivity contribution in [1.29, 1.82) is 0 Å². The lowest BCUT2D eigenvalue weighted by Gasteiger charge is -2.30. The molecule has 0 saturated carbocycles. The number of hydrogen-bond acceptors (Lipinski definition) is 2. The second kappa shape index (κ2) is 3.13. The van der Waals surface area contributed by atoms with Gasteiger partial charge in [0.15, 0.2) is 0 Å². The van der Waals surface area contributed by atoms with E-state index in [9.17, 15) is 5.11 Å². The maximum Gasteiger partial charge on any atom is 0.0920 e. The molecule has 0 aromatic heterocycles. The van der Waals surface area contributed by atoms with E-state index < -0.39 is 0 Å². The number of fused-ring (bicyclic) bond motifs is 1. The van der Waals surface area contributed by atoms with Gasteiger partial charge < -0.3 is 5.11 Å². The minimum atomic E-state index is -0.311. The zero-order valence-electron chi connectivity index (χ0n) is 8.12. The van der Waals surface area contributed by atoms with E-state index in [4.69, 9.17) is 0 Å². The maximum absolute atomic E-state index is 9.81. The summed E-state index contributed by atoms with van der Waals surface area (Å²) in [5, 5.41) is 9.81. The van der Waals surface area contributed by atoms with Gasteiger partial charge in [0.2, 0.25) is 0 Å². The minimum absolute atomic E-state index is 0.311. The van der Waals surface area contributed by atoms with Crippen LogP contribution in [0.25, 0.3) is 0 Å². The van der Waals surface area contributed by atoms with Crippen LogP contribution < -0.4 is 0 Å². The van der Waals surface area contributed by atoms with Crippen molar-refractivity contribution in [2.45, 2.75) is 19.6 Å². The van der Waals surface area contributed by atoms with E-state index in [0.29, 0.717) is 0 Å². The van der Waals surface area contributed by atoms with Crippen LogP contribution in [0, 0.1) is 6.92 Å². The highest BCUT2D eigenvalue weighted by Gasteiger charge is 2.21. The van der Waals surface area contributed by atoms with Gasteiger partial charge in [0.1, 0.15) is 0 Å². The van der Waals surface area contributed by atoms with Gasteiger partial charge >= 0.3 is 0 Å². The molecule has 13 heavy (non-hydrogen) atoms. The molecule has 0 radical (unpaired) electrons. The highest BCUT2D eigenvalue weighted by atomic mass is 16.3. The summed E-state index contributed by atoms with van der Waals surface area (Å²) < 4.78 is 0. The lowest BCUT2D eigenvalue weighted by atomic mass is 9.94. The van der Waals surface area contributed by atoms with Gasteiger partial charge in [-0.05, 0) is 30.7 Å². The van der Waals surface area contributed by atoms with Crippen LogP contribution in [0.3, 0.4) is 0 Å². The molecule has 1 atom stereocenters. The van der Waals surface area contributed by atoms with Gasteiger partial charge in [0.05, 0.1) is 6.10 Å². The third kappa shape index (κ3) is 1.47. The molecule has 1 aliphatic heterocycles. The number of β-amino-alcohol motifs (C(OH)–C–C–N with tert-alkyl or cyclic N) is 1. The first kappa shape index (κ1) is 8.73. The Hall–Kier alpha value is -0.860. The highest BCUT2D eigenvalue weighted by molar-refractivity contribution is 5.37. The van der Waals surface area contributed by atoms with Crippen LogP contribution in [0.15, 0.2) is 18.2 Å². The molecule has 1 heterocycles. The second-order valence-electron chi connectivity index (χ2n) is 3.86. The van der Waals surface area contributed by atoms with E-state index >= 15 is 0 Å². The molecule has 0 aliphatic carbocycles.